The van der Waals surface area contributed by atoms with E-state index in [4.69, 9.17) is 15.3 Å². The zero-order valence-electron chi connectivity index (χ0n) is 9.20. The zero-order valence-corrected chi connectivity index (χ0v) is 10.8. The maximum atomic E-state index is 8.78. The number of nitrogens with two attached hydrogens (primary N) is 1. The van der Waals surface area contributed by atoms with Crippen molar-refractivity contribution in [1.82, 2.24) is 4.98 Å². The number of aliphatic hydroxyl groups excluding tert-OH is 1. The van der Waals surface area contributed by atoms with E-state index < -0.39 is 0 Å². The van der Waals surface area contributed by atoms with Crippen molar-refractivity contribution in [2.75, 3.05) is 6.61 Å². The van der Waals surface area contributed by atoms with Gasteiger partial charge in [0.15, 0.2) is 11.5 Å². The van der Waals surface area contributed by atoms with Crippen LogP contribution >= 0.6 is 24.8 Å². The van der Waals surface area contributed by atoms with Crippen LogP contribution in [-0.4, -0.2) is 22.7 Å². The number of nitrogens with zero attached hydrogens (tertiary/aromatic N) is 1. The summed E-state index contributed by atoms with van der Waals surface area (Å²) in [7, 11) is 0. The fourth-order valence-corrected chi connectivity index (χ4v) is 1.43. The quantitative estimate of drug-likeness (QED) is 0.897. The number of aromatic nitrogens is 1. The van der Waals surface area contributed by atoms with Gasteiger partial charge in [0.05, 0.1) is 6.61 Å². The van der Waals surface area contributed by atoms with Crippen molar-refractivity contribution in [2.45, 2.75) is 18.9 Å². The number of para-hydroxylation sites is 2. The van der Waals surface area contributed by atoms with Gasteiger partial charge in [-0.05, 0) is 18.6 Å². The molecule has 0 aliphatic rings. The molecule has 0 saturated carbocycles. The maximum absolute atomic E-state index is 8.78. The predicted octanol–water partition coefficient (Wildman–Crippen LogP) is 1.92. The molecule has 17 heavy (non-hydrogen) atoms. The Morgan fingerprint density at radius 2 is 2.00 bits per heavy atom. The van der Waals surface area contributed by atoms with Crippen molar-refractivity contribution in [3.8, 4) is 0 Å². The van der Waals surface area contributed by atoms with Gasteiger partial charge in [-0.15, -0.1) is 24.8 Å². The number of hydrogen-bond acceptors (Lipinski definition) is 4. The van der Waals surface area contributed by atoms with E-state index in [1.165, 1.54) is 0 Å². The van der Waals surface area contributed by atoms with Gasteiger partial charge in [-0.25, -0.2) is 4.98 Å². The van der Waals surface area contributed by atoms with Crippen molar-refractivity contribution >= 4 is 35.9 Å². The highest BCUT2D eigenvalue weighted by atomic mass is 35.5. The second kappa shape index (κ2) is 7.50. The van der Waals surface area contributed by atoms with E-state index in [1.54, 1.807) is 0 Å². The van der Waals surface area contributed by atoms with Crippen LogP contribution in [0.5, 0.6) is 0 Å². The lowest BCUT2D eigenvalue weighted by atomic mass is 10.2. The first-order valence-electron chi connectivity index (χ1n) is 5.00. The van der Waals surface area contributed by atoms with Crippen LogP contribution in [-0.2, 0) is 6.42 Å². The molecule has 0 saturated heterocycles. The fourth-order valence-electron chi connectivity index (χ4n) is 1.43. The SMILES string of the molecule is Cl.Cl.N[C@H](CO)CCc1nc2ccccc2o1. The van der Waals surface area contributed by atoms with Crippen LogP contribution in [0.25, 0.3) is 11.1 Å². The van der Waals surface area contributed by atoms with E-state index in [-0.39, 0.29) is 37.5 Å². The first-order chi connectivity index (χ1) is 7.29. The molecule has 1 aromatic carbocycles. The average molecular weight is 279 g/mol. The minimum atomic E-state index is -0.194. The molecule has 4 nitrogen and oxygen atoms in total. The number of oxazole rings is 1. The fraction of sp³-hybridized carbons (Fsp3) is 0.364. The van der Waals surface area contributed by atoms with Gasteiger partial charge in [-0.1, -0.05) is 12.1 Å². The number of fused-ring (bicyclic) bond motifs is 1. The number of aryl methyl sites for hydroxylation is 1. The maximum Gasteiger partial charge on any atom is 0.195 e. The molecular formula is C11H16Cl2N2O2. The van der Waals surface area contributed by atoms with Crippen LogP contribution in [0.1, 0.15) is 12.3 Å². The second-order valence-electron chi connectivity index (χ2n) is 3.56. The number of hydrogen-bond donors (Lipinski definition) is 2. The van der Waals surface area contributed by atoms with Crippen molar-refractivity contribution < 1.29 is 9.52 Å². The Labute approximate surface area is 112 Å². The predicted molar refractivity (Wildman–Crippen MR) is 71.9 cm³/mol. The summed E-state index contributed by atoms with van der Waals surface area (Å²) in [6, 6.07) is 7.44. The summed E-state index contributed by atoms with van der Waals surface area (Å²) in [6.45, 7) is 0.000227. The molecular weight excluding hydrogens is 263 g/mol. The molecule has 96 valence electrons. The van der Waals surface area contributed by atoms with Gasteiger partial charge in [0, 0.05) is 12.5 Å². The standard InChI is InChI=1S/C11H14N2O2.2ClH/c12-8(7-14)5-6-11-13-9-3-1-2-4-10(9)15-11;;/h1-4,8,14H,5-7,12H2;2*1H/t8-;;/m0../s1. The first-order valence-corrected chi connectivity index (χ1v) is 5.00. The molecule has 6 heteroatoms. The Balaban J connectivity index is 0.00000128. The highest BCUT2D eigenvalue weighted by Crippen LogP contribution is 2.15. The summed E-state index contributed by atoms with van der Waals surface area (Å²) in [5, 5.41) is 8.78. The highest BCUT2D eigenvalue weighted by Gasteiger charge is 2.07. The van der Waals surface area contributed by atoms with Gasteiger partial charge in [-0.3, -0.25) is 0 Å². The minimum absolute atomic E-state index is 0. The van der Waals surface area contributed by atoms with E-state index in [9.17, 15) is 0 Å². The van der Waals surface area contributed by atoms with Crippen molar-refractivity contribution in [1.29, 1.82) is 0 Å². The molecule has 0 amide bonds. The highest BCUT2D eigenvalue weighted by molar-refractivity contribution is 5.85. The lowest BCUT2D eigenvalue weighted by molar-refractivity contribution is 0.258. The van der Waals surface area contributed by atoms with E-state index in [0.29, 0.717) is 18.7 Å². The Bertz CT molecular complexity index is 415. The third-order valence-electron chi connectivity index (χ3n) is 2.30. The monoisotopic (exact) mass is 278 g/mol. The number of benzene rings is 1. The minimum Gasteiger partial charge on any atom is -0.441 e. The number of halogens is 2. The second-order valence-corrected chi connectivity index (χ2v) is 3.56. The van der Waals surface area contributed by atoms with Crippen molar-refractivity contribution in [3.63, 3.8) is 0 Å². The Morgan fingerprint density at radius 3 is 2.65 bits per heavy atom. The largest absolute Gasteiger partial charge is 0.441 e. The van der Waals surface area contributed by atoms with E-state index in [0.717, 1.165) is 11.1 Å². The van der Waals surface area contributed by atoms with Crippen LogP contribution in [0.4, 0.5) is 0 Å². The van der Waals surface area contributed by atoms with Crippen LogP contribution in [0.15, 0.2) is 28.7 Å². The lowest BCUT2D eigenvalue weighted by Crippen LogP contribution is -2.24. The van der Waals surface area contributed by atoms with Crippen LogP contribution in [0.2, 0.25) is 0 Å². The molecule has 3 N–H and O–H groups in total. The molecule has 0 radical (unpaired) electrons. The third kappa shape index (κ3) is 4.16. The molecule has 0 aliphatic heterocycles. The molecule has 0 aliphatic carbocycles. The smallest absolute Gasteiger partial charge is 0.195 e. The summed E-state index contributed by atoms with van der Waals surface area (Å²) in [5.74, 6) is 0.681. The summed E-state index contributed by atoms with van der Waals surface area (Å²) in [6.07, 6.45) is 1.35. The van der Waals surface area contributed by atoms with E-state index in [2.05, 4.69) is 4.98 Å². The molecule has 0 fully saturated rings. The Kier molecular flexibility index (Phi) is 7.15. The average Bonchev–Trinajstić information content (AvgIpc) is 2.68. The molecule has 1 aromatic heterocycles. The lowest BCUT2D eigenvalue weighted by Gasteiger charge is -2.04. The zero-order chi connectivity index (χ0) is 10.7. The number of aliphatic hydroxyl groups is 1. The first kappa shape index (κ1) is 16.2. The van der Waals surface area contributed by atoms with Crippen LogP contribution in [0.3, 0.4) is 0 Å². The van der Waals surface area contributed by atoms with Crippen molar-refractivity contribution in [2.24, 2.45) is 5.73 Å². The molecule has 0 spiro atoms. The third-order valence-corrected chi connectivity index (χ3v) is 2.30. The van der Waals surface area contributed by atoms with Crippen LogP contribution in [0, 0.1) is 0 Å². The molecule has 0 unspecified atom stereocenters. The summed E-state index contributed by atoms with van der Waals surface area (Å²) in [4.78, 5) is 4.32. The molecule has 1 atom stereocenters. The summed E-state index contributed by atoms with van der Waals surface area (Å²) >= 11 is 0. The number of rotatable bonds is 4. The molecule has 2 aromatic rings. The van der Waals surface area contributed by atoms with E-state index >= 15 is 0 Å². The molecule has 0 bridgehead atoms. The van der Waals surface area contributed by atoms with Gasteiger partial charge >= 0.3 is 0 Å². The topological polar surface area (TPSA) is 72.3 Å². The van der Waals surface area contributed by atoms with E-state index in [1.807, 2.05) is 24.3 Å². The van der Waals surface area contributed by atoms with Crippen molar-refractivity contribution in [3.05, 3.63) is 30.2 Å². The van der Waals surface area contributed by atoms with Gasteiger partial charge in [0.25, 0.3) is 0 Å². The Hall–Kier alpha value is -0.810. The van der Waals surface area contributed by atoms with Gasteiger partial charge < -0.3 is 15.3 Å². The normalized spacial score (nSPS) is 11.6. The van der Waals surface area contributed by atoms with Crippen LogP contribution < -0.4 is 5.73 Å². The summed E-state index contributed by atoms with van der Waals surface area (Å²) < 4.78 is 5.51. The summed E-state index contributed by atoms with van der Waals surface area (Å²) in [5.41, 5.74) is 7.26. The van der Waals surface area contributed by atoms with Gasteiger partial charge in [-0.2, -0.15) is 0 Å². The van der Waals surface area contributed by atoms with Gasteiger partial charge in [0.1, 0.15) is 5.52 Å². The Morgan fingerprint density at radius 1 is 1.29 bits per heavy atom. The van der Waals surface area contributed by atoms with Gasteiger partial charge in [0.2, 0.25) is 0 Å². The molecule has 2 rings (SSSR count). The molecule has 1 heterocycles.